The van der Waals surface area contributed by atoms with Crippen molar-refractivity contribution in [3.8, 4) is 5.75 Å². The first-order valence-corrected chi connectivity index (χ1v) is 11.3. The number of thioether (sulfide) groups is 1. The molecule has 2 aromatic rings. The normalized spacial score (nSPS) is 16.5. The van der Waals surface area contributed by atoms with Crippen LogP contribution in [0.3, 0.4) is 0 Å². The van der Waals surface area contributed by atoms with Crippen LogP contribution in [0.25, 0.3) is 10.8 Å². The van der Waals surface area contributed by atoms with Gasteiger partial charge < -0.3 is 14.3 Å². The van der Waals surface area contributed by atoms with E-state index in [4.69, 9.17) is 9.47 Å². The van der Waals surface area contributed by atoms with E-state index in [2.05, 4.69) is 4.84 Å². The monoisotopic (exact) mass is 476 g/mol. The van der Waals surface area contributed by atoms with Gasteiger partial charge in [0.15, 0.2) is 0 Å². The molecule has 1 unspecified atom stereocenters. The van der Waals surface area contributed by atoms with E-state index in [1.165, 1.54) is 0 Å². The maximum absolute atomic E-state index is 13.2. The topological polar surface area (TPSA) is 125 Å². The maximum Gasteiger partial charge on any atom is 0.330 e. The lowest BCUT2D eigenvalue weighted by molar-refractivity contribution is -0.757. The summed E-state index contributed by atoms with van der Waals surface area (Å²) in [4.78, 5) is 53.4. The smallest absolute Gasteiger partial charge is 0.330 e. The molecule has 11 heteroatoms. The largest absolute Gasteiger partial charge is 0.497 e. The Hall–Kier alpha value is -3.34. The molecule has 1 aliphatic heterocycles. The summed E-state index contributed by atoms with van der Waals surface area (Å²) in [5.74, 6) is -0.939. The van der Waals surface area contributed by atoms with Crippen molar-refractivity contribution in [2.75, 3.05) is 26.1 Å². The van der Waals surface area contributed by atoms with Gasteiger partial charge in [0.1, 0.15) is 11.8 Å². The Morgan fingerprint density at radius 3 is 2.61 bits per heavy atom. The van der Waals surface area contributed by atoms with Gasteiger partial charge >= 0.3 is 5.97 Å². The highest BCUT2D eigenvalue weighted by Gasteiger charge is 2.43. The molecule has 1 saturated heterocycles. The summed E-state index contributed by atoms with van der Waals surface area (Å²) in [5.41, 5.74) is 0.722. The molecular formula is C22H24N2O8S. The van der Waals surface area contributed by atoms with Gasteiger partial charge in [-0.05, 0) is 48.2 Å². The van der Waals surface area contributed by atoms with Crippen molar-refractivity contribution in [3.63, 3.8) is 0 Å². The number of unbranched alkanes of at least 4 members (excludes halogenated alkanes) is 1. The molecule has 0 saturated carbocycles. The maximum atomic E-state index is 13.2. The van der Waals surface area contributed by atoms with Crippen LogP contribution in [0.1, 0.15) is 31.2 Å². The number of ether oxygens (including phenoxy) is 2. The Bertz CT molecular complexity index is 1060. The average Bonchev–Trinajstić information content (AvgIpc) is 3.20. The number of nitrogens with zero attached hydrogens (tertiary/aromatic N) is 2. The number of imide groups is 1. The van der Waals surface area contributed by atoms with Gasteiger partial charge in [0, 0.05) is 5.75 Å². The van der Waals surface area contributed by atoms with Crippen molar-refractivity contribution in [1.82, 2.24) is 4.90 Å². The minimum absolute atomic E-state index is 0.0149. The van der Waals surface area contributed by atoms with Gasteiger partial charge in [-0.25, -0.2) is 4.79 Å². The second-order valence-electron chi connectivity index (χ2n) is 7.43. The summed E-state index contributed by atoms with van der Waals surface area (Å²) in [5, 5.41) is 10.6. The number of benzene rings is 2. The minimum Gasteiger partial charge on any atom is -0.497 e. The van der Waals surface area contributed by atoms with Crippen molar-refractivity contribution in [1.29, 1.82) is 0 Å². The predicted octanol–water partition coefficient (Wildman–Crippen LogP) is 3.55. The number of esters is 1. The highest BCUT2D eigenvalue weighted by Crippen LogP contribution is 2.31. The zero-order valence-electron chi connectivity index (χ0n) is 18.2. The van der Waals surface area contributed by atoms with E-state index in [0.29, 0.717) is 12.8 Å². The summed E-state index contributed by atoms with van der Waals surface area (Å²) in [6, 6.07) is 10.2. The average molecular weight is 477 g/mol. The Balaban J connectivity index is 1.64. The molecule has 1 aliphatic rings. The van der Waals surface area contributed by atoms with Gasteiger partial charge in [0.2, 0.25) is 5.91 Å². The second kappa shape index (κ2) is 11.0. The van der Waals surface area contributed by atoms with Gasteiger partial charge in [-0.1, -0.05) is 36.0 Å². The van der Waals surface area contributed by atoms with Crippen LogP contribution in [-0.4, -0.2) is 59.2 Å². The number of carbonyl (C=O) groups is 3. The molecule has 0 spiro atoms. The molecule has 1 heterocycles. The Morgan fingerprint density at radius 2 is 1.88 bits per heavy atom. The van der Waals surface area contributed by atoms with Crippen LogP contribution in [0, 0.1) is 10.1 Å². The van der Waals surface area contributed by atoms with E-state index in [-0.39, 0.29) is 19.0 Å². The summed E-state index contributed by atoms with van der Waals surface area (Å²) < 4.78 is 10.4. The van der Waals surface area contributed by atoms with Crippen LogP contribution in [0.2, 0.25) is 0 Å². The van der Waals surface area contributed by atoms with E-state index in [1.54, 1.807) is 14.0 Å². The zero-order valence-corrected chi connectivity index (χ0v) is 19.0. The Labute approximate surface area is 194 Å². The highest BCUT2D eigenvalue weighted by molar-refractivity contribution is 8.14. The minimum atomic E-state index is -1.00. The molecule has 10 nitrogen and oxygen atoms in total. The van der Waals surface area contributed by atoms with Crippen molar-refractivity contribution in [3.05, 3.63) is 52.1 Å². The Kier molecular flexibility index (Phi) is 8.10. The lowest BCUT2D eigenvalue weighted by atomic mass is 9.96. The second-order valence-corrected chi connectivity index (χ2v) is 8.40. The first-order chi connectivity index (χ1) is 15.8. The van der Waals surface area contributed by atoms with Gasteiger partial charge in [0.25, 0.3) is 10.3 Å². The summed E-state index contributed by atoms with van der Waals surface area (Å²) in [6.07, 6.45) is 0.694. The molecule has 1 fully saturated rings. The van der Waals surface area contributed by atoms with E-state index in [0.717, 1.165) is 38.7 Å². The predicted molar refractivity (Wildman–Crippen MR) is 121 cm³/mol. The molecule has 3 rings (SSSR count). The third-order valence-corrected chi connectivity index (χ3v) is 6.23. The molecular weight excluding hydrogens is 452 g/mol. The number of amides is 2. The van der Waals surface area contributed by atoms with Crippen molar-refractivity contribution in [2.24, 2.45) is 0 Å². The molecule has 33 heavy (non-hydrogen) atoms. The fraction of sp³-hybridized carbons (Fsp3) is 0.409. The molecule has 0 aromatic heterocycles. The molecule has 2 atom stereocenters. The molecule has 2 aromatic carbocycles. The van der Waals surface area contributed by atoms with Crippen molar-refractivity contribution >= 4 is 39.7 Å². The van der Waals surface area contributed by atoms with Crippen LogP contribution in [0.15, 0.2) is 36.4 Å². The van der Waals surface area contributed by atoms with E-state index < -0.39 is 34.2 Å². The molecule has 2 amide bonds. The molecule has 0 radical (unpaired) electrons. The first kappa shape index (κ1) is 24.3. The Morgan fingerprint density at radius 1 is 1.18 bits per heavy atom. The standard InChI is InChI=1S/C22H24N2O8S/c1-14(15-5-6-17-12-18(30-2)8-7-16(17)11-15)20(25)23-19(13-33-22(23)27)21(26)31-9-3-4-10-32-24(28)29/h5-8,11-12,14,19H,3-4,9-10,13H2,1-2H3/t14?,19-/m0/s1. The number of hydrogen-bond acceptors (Lipinski definition) is 9. The van der Waals surface area contributed by atoms with Gasteiger partial charge in [-0.2, -0.15) is 0 Å². The van der Waals surface area contributed by atoms with Gasteiger partial charge in [0.05, 0.1) is 26.2 Å². The third kappa shape index (κ3) is 5.92. The quantitative estimate of drug-likeness (QED) is 0.219. The highest BCUT2D eigenvalue weighted by atomic mass is 32.2. The number of hydrogen-bond donors (Lipinski definition) is 0. The van der Waals surface area contributed by atoms with Crippen LogP contribution < -0.4 is 4.74 Å². The third-order valence-electron chi connectivity index (χ3n) is 5.30. The van der Waals surface area contributed by atoms with Crippen LogP contribution in [0.4, 0.5) is 4.79 Å². The number of rotatable bonds is 10. The van der Waals surface area contributed by atoms with Crippen molar-refractivity contribution < 1.29 is 33.8 Å². The van der Waals surface area contributed by atoms with Crippen LogP contribution >= 0.6 is 11.8 Å². The van der Waals surface area contributed by atoms with E-state index in [1.807, 2.05) is 36.4 Å². The molecule has 0 aliphatic carbocycles. The van der Waals surface area contributed by atoms with Crippen molar-refractivity contribution in [2.45, 2.75) is 31.7 Å². The van der Waals surface area contributed by atoms with Gasteiger partial charge in [-0.3, -0.25) is 14.5 Å². The number of fused-ring (bicyclic) bond motifs is 1. The summed E-state index contributed by atoms with van der Waals surface area (Å²) in [6.45, 7) is 1.62. The summed E-state index contributed by atoms with van der Waals surface area (Å²) in [7, 11) is 1.59. The first-order valence-electron chi connectivity index (χ1n) is 10.3. The lowest BCUT2D eigenvalue weighted by Crippen LogP contribution is -2.46. The van der Waals surface area contributed by atoms with Crippen LogP contribution in [-0.2, 0) is 19.2 Å². The lowest BCUT2D eigenvalue weighted by Gasteiger charge is -2.24. The number of methoxy groups -OCH3 is 1. The van der Waals surface area contributed by atoms with Crippen LogP contribution in [0.5, 0.6) is 5.75 Å². The summed E-state index contributed by atoms with van der Waals surface area (Å²) >= 11 is 0.896. The van der Waals surface area contributed by atoms with Gasteiger partial charge in [-0.15, -0.1) is 10.1 Å². The number of carbonyl (C=O) groups excluding carboxylic acids is 3. The fourth-order valence-electron chi connectivity index (χ4n) is 3.44. The molecule has 0 N–H and O–H groups in total. The van der Waals surface area contributed by atoms with E-state index >= 15 is 0 Å². The fourth-order valence-corrected chi connectivity index (χ4v) is 4.38. The molecule has 176 valence electrons. The molecule has 0 bridgehead atoms. The van der Waals surface area contributed by atoms with E-state index in [9.17, 15) is 24.5 Å². The zero-order chi connectivity index (χ0) is 24.0. The SMILES string of the molecule is COc1ccc2cc(C(C)C(=O)N3C(=O)SC[C@H]3C(=O)OCCCCO[N+](=O)[O-])ccc2c1.